The van der Waals surface area contributed by atoms with Crippen LogP contribution >= 0.6 is 0 Å². The molecule has 0 unspecified atom stereocenters. The molecule has 0 aliphatic rings. The normalized spacial score (nSPS) is 15.3. The second-order valence-corrected chi connectivity index (χ2v) is 9.46. The van der Waals surface area contributed by atoms with Crippen LogP contribution in [0.25, 0.3) is 0 Å². The van der Waals surface area contributed by atoms with Gasteiger partial charge < -0.3 is 9.84 Å². The maximum absolute atomic E-state index is 13.4. The van der Waals surface area contributed by atoms with E-state index in [1.807, 2.05) is 63.2 Å². The van der Waals surface area contributed by atoms with Gasteiger partial charge in [-0.2, -0.15) is 0 Å². The van der Waals surface area contributed by atoms with E-state index >= 15 is 0 Å². The molecule has 4 atom stereocenters. The van der Waals surface area contributed by atoms with Gasteiger partial charge in [0, 0.05) is 18.6 Å². The van der Waals surface area contributed by atoms with Gasteiger partial charge in [-0.15, -0.1) is 13.2 Å². The number of aliphatic hydroxyl groups excluding tert-OH is 1. The largest absolute Gasteiger partial charge is 0.460 e. The van der Waals surface area contributed by atoms with Crippen LogP contribution in [0.2, 0.25) is 0 Å². The minimum atomic E-state index is -1.03. The van der Waals surface area contributed by atoms with E-state index in [1.54, 1.807) is 0 Å². The Bertz CT molecular complexity index is 873. The van der Waals surface area contributed by atoms with Gasteiger partial charge in [-0.1, -0.05) is 72.8 Å². The summed E-state index contributed by atoms with van der Waals surface area (Å²) >= 11 is 0. The third-order valence-electron chi connectivity index (χ3n) is 5.78. The van der Waals surface area contributed by atoms with Crippen molar-refractivity contribution in [1.82, 2.24) is 4.90 Å². The number of esters is 1. The summed E-state index contributed by atoms with van der Waals surface area (Å²) in [6, 6.07) is 20.1. The summed E-state index contributed by atoms with van der Waals surface area (Å²) in [4.78, 5) is 15.7. The van der Waals surface area contributed by atoms with Crippen LogP contribution in [0.5, 0.6) is 0 Å². The van der Waals surface area contributed by atoms with Crippen LogP contribution in [0.4, 0.5) is 0 Å². The monoisotopic (exact) mass is 449 g/mol. The summed E-state index contributed by atoms with van der Waals surface area (Å²) in [6.07, 6.45) is 3.62. The van der Waals surface area contributed by atoms with Crippen molar-refractivity contribution in [2.75, 3.05) is 0 Å². The number of nitrogens with zero attached hydrogens (tertiary/aromatic N) is 1. The first-order valence-electron chi connectivity index (χ1n) is 11.7. The Morgan fingerprint density at radius 2 is 1.64 bits per heavy atom. The number of allylic oxidation sites excluding steroid dienone is 1. The van der Waals surface area contributed by atoms with E-state index in [0.717, 1.165) is 11.1 Å². The number of ether oxygens (including phenoxy) is 1. The van der Waals surface area contributed by atoms with Crippen LogP contribution < -0.4 is 0 Å². The lowest BCUT2D eigenvalue weighted by Crippen LogP contribution is -2.50. The molecule has 4 heteroatoms. The standard InChI is InChI=1S/C29H39NO3/c1-7-9-20-25(27(26(31)8-2)28(32)33-29(4,5)6)30(21-23-16-12-10-13-17-23)22(3)24-18-14-11-15-19-24/h7-8,10-19,22,25-27,31H,1-2,9,20-21H2,3-6H3/t22-,25-,26-,27-/m0/s1. The van der Waals surface area contributed by atoms with Gasteiger partial charge in [-0.25, -0.2) is 0 Å². The molecule has 0 aliphatic heterocycles. The zero-order valence-electron chi connectivity index (χ0n) is 20.5. The Hall–Kier alpha value is -2.69. The first kappa shape index (κ1) is 26.6. The lowest BCUT2D eigenvalue weighted by Gasteiger charge is -2.42. The average molecular weight is 450 g/mol. The molecular weight excluding hydrogens is 410 g/mol. The van der Waals surface area contributed by atoms with Crippen molar-refractivity contribution in [3.05, 3.63) is 97.1 Å². The Kier molecular flexibility index (Phi) is 10.1. The van der Waals surface area contributed by atoms with Gasteiger partial charge >= 0.3 is 5.97 Å². The van der Waals surface area contributed by atoms with Gasteiger partial charge in [0.25, 0.3) is 0 Å². The summed E-state index contributed by atoms with van der Waals surface area (Å²) in [5.41, 5.74) is 1.63. The fraction of sp³-hybridized carbons (Fsp3) is 0.414. The first-order valence-corrected chi connectivity index (χ1v) is 11.7. The highest BCUT2D eigenvalue weighted by molar-refractivity contribution is 5.75. The van der Waals surface area contributed by atoms with Gasteiger partial charge in [-0.3, -0.25) is 9.69 Å². The van der Waals surface area contributed by atoms with Gasteiger partial charge in [0.1, 0.15) is 11.5 Å². The number of aliphatic hydroxyl groups is 1. The zero-order valence-corrected chi connectivity index (χ0v) is 20.5. The highest BCUT2D eigenvalue weighted by atomic mass is 16.6. The average Bonchev–Trinajstić information content (AvgIpc) is 2.79. The van der Waals surface area contributed by atoms with Gasteiger partial charge in [-0.05, 0) is 51.7 Å². The summed E-state index contributed by atoms with van der Waals surface area (Å²) in [5, 5.41) is 11.0. The summed E-state index contributed by atoms with van der Waals surface area (Å²) < 4.78 is 5.77. The maximum atomic E-state index is 13.4. The fourth-order valence-corrected chi connectivity index (χ4v) is 4.14. The van der Waals surface area contributed by atoms with Crippen LogP contribution in [0, 0.1) is 5.92 Å². The van der Waals surface area contributed by atoms with Crippen molar-refractivity contribution in [2.45, 2.75) is 70.9 Å². The molecule has 4 nitrogen and oxygen atoms in total. The number of benzene rings is 2. The minimum Gasteiger partial charge on any atom is -0.460 e. The maximum Gasteiger partial charge on any atom is 0.314 e. The van der Waals surface area contributed by atoms with Crippen molar-refractivity contribution in [3.63, 3.8) is 0 Å². The van der Waals surface area contributed by atoms with Crippen molar-refractivity contribution < 1.29 is 14.6 Å². The highest BCUT2D eigenvalue weighted by Gasteiger charge is 2.40. The Morgan fingerprint density at radius 1 is 1.06 bits per heavy atom. The van der Waals surface area contributed by atoms with Gasteiger partial charge in [0.05, 0.1) is 6.10 Å². The van der Waals surface area contributed by atoms with Crippen LogP contribution in [0.15, 0.2) is 86.0 Å². The van der Waals surface area contributed by atoms with Crippen molar-refractivity contribution in [1.29, 1.82) is 0 Å². The molecule has 2 aromatic carbocycles. The van der Waals surface area contributed by atoms with Crippen LogP contribution in [-0.4, -0.2) is 33.7 Å². The Morgan fingerprint density at radius 3 is 2.15 bits per heavy atom. The lowest BCUT2D eigenvalue weighted by atomic mass is 9.86. The van der Waals surface area contributed by atoms with Crippen molar-refractivity contribution in [3.8, 4) is 0 Å². The van der Waals surface area contributed by atoms with Crippen molar-refractivity contribution in [2.24, 2.45) is 5.92 Å². The third kappa shape index (κ3) is 7.99. The van der Waals surface area contributed by atoms with Crippen LogP contribution in [0.3, 0.4) is 0 Å². The molecule has 0 saturated carbocycles. The predicted octanol–water partition coefficient (Wildman–Crippen LogP) is 6.09. The highest BCUT2D eigenvalue weighted by Crippen LogP contribution is 2.33. The molecule has 0 aromatic heterocycles. The molecule has 0 fully saturated rings. The molecule has 2 aromatic rings. The zero-order chi connectivity index (χ0) is 24.4. The quantitative estimate of drug-likeness (QED) is 0.315. The fourth-order valence-electron chi connectivity index (χ4n) is 4.14. The molecule has 0 amide bonds. The molecule has 2 rings (SSSR count). The number of hydrogen-bond acceptors (Lipinski definition) is 4. The van der Waals surface area contributed by atoms with E-state index in [9.17, 15) is 9.90 Å². The number of rotatable bonds is 12. The number of hydrogen-bond donors (Lipinski definition) is 1. The molecule has 0 spiro atoms. The van der Waals surface area contributed by atoms with E-state index in [2.05, 4.69) is 49.2 Å². The van der Waals surface area contributed by atoms with Gasteiger partial charge in [0.15, 0.2) is 0 Å². The van der Waals surface area contributed by atoms with Crippen molar-refractivity contribution >= 4 is 5.97 Å². The Labute approximate surface area is 199 Å². The molecule has 0 bridgehead atoms. The van der Waals surface area contributed by atoms with E-state index < -0.39 is 23.6 Å². The Balaban J connectivity index is 2.56. The molecule has 33 heavy (non-hydrogen) atoms. The first-order chi connectivity index (χ1) is 15.7. The molecule has 1 N–H and O–H groups in total. The third-order valence-corrected chi connectivity index (χ3v) is 5.78. The summed E-state index contributed by atoms with van der Waals surface area (Å²) in [6.45, 7) is 16.0. The summed E-state index contributed by atoms with van der Waals surface area (Å²) in [5.74, 6) is -1.20. The molecule has 0 aliphatic carbocycles. The lowest BCUT2D eigenvalue weighted by molar-refractivity contribution is -0.167. The molecule has 0 heterocycles. The topological polar surface area (TPSA) is 49.8 Å². The second-order valence-electron chi connectivity index (χ2n) is 9.46. The van der Waals surface area contributed by atoms with Gasteiger partial charge in [0.2, 0.25) is 0 Å². The predicted molar refractivity (Wildman–Crippen MR) is 136 cm³/mol. The van der Waals surface area contributed by atoms with E-state index in [4.69, 9.17) is 4.74 Å². The molecular formula is C29H39NO3. The molecule has 0 radical (unpaired) electrons. The smallest absolute Gasteiger partial charge is 0.314 e. The summed E-state index contributed by atoms with van der Waals surface area (Å²) in [7, 11) is 0. The van der Waals surface area contributed by atoms with Crippen LogP contribution in [-0.2, 0) is 16.1 Å². The SMILES string of the molecule is C=CCC[C@@H]([C@H](C(=O)OC(C)(C)C)[C@@H](O)C=C)N(Cc1ccccc1)[C@@H](C)c1ccccc1. The second kappa shape index (κ2) is 12.5. The number of carbonyl (C=O) groups excluding carboxylic acids is 1. The molecule has 0 saturated heterocycles. The van der Waals surface area contributed by atoms with Crippen LogP contribution in [0.1, 0.15) is 57.7 Å². The van der Waals surface area contributed by atoms with E-state index in [-0.39, 0.29) is 12.1 Å². The van der Waals surface area contributed by atoms with E-state index in [1.165, 1.54) is 6.08 Å². The minimum absolute atomic E-state index is 0.00294. The number of carbonyl (C=O) groups is 1. The molecule has 178 valence electrons. The van der Waals surface area contributed by atoms with E-state index in [0.29, 0.717) is 19.4 Å².